The van der Waals surface area contributed by atoms with Crippen molar-refractivity contribution in [1.29, 1.82) is 0 Å². The van der Waals surface area contributed by atoms with Crippen LogP contribution in [0.1, 0.15) is 33.3 Å². The van der Waals surface area contributed by atoms with Crippen molar-refractivity contribution in [3.63, 3.8) is 0 Å². The Bertz CT molecular complexity index is 530. The Balaban J connectivity index is 2.66. The second-order valence-corrected chi connectivity index (χ2v) is 4.91. The number of nitro benzene ring substituents is 1. The van der Waals surface area contributed by atoms with E-state index in [0.717, 1.165) is 17.8 Å². The summed E-state index contributed by atoms with van der Waals surface area (Å²) in [5, 5.41) is 10.8. The van der Waals surface area contributed by atoms with Crippen LogP contribution in [0.25, 0.3) is 0 Å². The Labute approximate surface area is 101 Å². The van der Waals surface area contributed by atoms with Gasteiger partial charge in [-0.15, -0.1) is 0 Å². The molecule has 1 aromatic rings. The summed E-state index contributed by atoms with van der Waals surface area (Å²) in [7, 11) is 0. The summed E-state index contributed by atoms with van der Waals surface area (Å²) >= 11 is 0. The molecule has 0 saturated carbocycles. The van der Waals surface area contributed by atoms with Gasteiger partial charge in [0.05, 0.1) is 10.3 Å². The molecule has 1 aliphatic heterocycles. The van der Waals surface area contributed by atoms with Crippen molar-refractivity contribution in [2.75, 3.05) is 6.54 Å². The van der Waals surface area contributed by atoms with Crippen LogP contribution < -0.4 is 0 Å². The molecular weight excluding hydrogens is 216 g/mol. The van der Waals surface area contributed by atoms with Crippen molar-refractivity contribution in [3.8, 4) is 0 Å². The molecule has 90 valence electrons. The van der Waals surface area contributed by atoms with Crippen LogP contribution in [-0.4, -0.2) is 21.8 Å². The third-order valence-corrected chi connectivity index (χ3v) is 3.78. The summed E-state index contributed by atoms with van der Waals surface area (Å²) in [4.78, 5) is 10.5. The second-order valence-electron chi connectivity index (χ2n) is 4.91. The highest BCUT2D eigenvalue weighted by molar-refractivity contribution is 5.93. The molecule has 1 aliphatic rings. The lowest BCUT2D eigenvalue weighted by molar-refractivity contribution is -0.434. The molecule has 0 fully saturated rings. The molecule has 0 unspecified atom stereocenters. The lowest BCUT2D eigenvalue weighted by atomic mass is 9.82. The Morgan fingerprint density at radius 2 is 2.06 bits per heavy atom. The van der Waals surface area contributed by atoms with Crippen LogP contribution in [0.3, 0.4) is 0 Å². The van der Waals surface area contributed by atoms with Gasteiger partial charge < -0.3 is 0 Å². The standard InChI is InChI=1S/C13H17N2O2/c1-5-14-9(2)13(3,4)11-8-10(15(16)17)6-7-12(11)14/h6-8H,5H2,1-4H3/q+1. The fourth-order valence-corrected chi connectivity index (χ4v) is 2.49. The van der Waals surface area contributed by atoms with Crippen LogP contribution >= 0.6 is 0 Å². The summed E-state index contributed by atoms with van der Waals surface area (Å²) < 4.78 is 2.22. The number of benzene rings is 1. The molecule has 1 aromatic carbocycles. The van der Waals surface area contributed by atoms with E-state index >= 15 is 0 Å². The maximum absolute atomic E-state index is 10.8. The van der Waals surface area contributed by atoms with Gasteiger partial charge in [0.15, 0.2) is 5.71 Å². The van der Waals surface area contributed by atoms with Crippen molar-refractivity contribution in [1.82, 2.24) is 0 Å². The van der Waals surface area contributed by atoms with E-state index in [1.54, 1.807) is 12.1 Å². The van der Waals surface area contributed by atoms with Crippen LogP contribution in [0.5, 0.6) is 0 Å². The lowest BCUT2D eigenvalue weighted by Crippen LogP contribution is -2.26. The Kier molecular flexibility index (Phi) is 2.53. The first kappa shape index (κ1) is 11.8. The monoisotopic (exact) mass is 233 g/mol. The number of hydrogen-bond acceptors (Lipinski definition) is 2. The van der Waals surface area contributed by atoms with E-state index in [1.165, 1.54) is 5.71 Å². The maximum Gasteiger partial charge on any atom is 0.270 e. The van der Waals surface area contributed by atoms with E-state index in [2.05, 4.69) is 32.3 Å². The zero-order chi connectivity index (χ0) is 12.8. The second kappa shape index (κ2) is 3.65. The van der Waals surface area contributed by atoms with Crippen LogP contribution in [0.2, 0.25) is 0 Å². The Hall–Kier alpha value is -1.71. The van der Waals surface area contributed by atoms with Crippen molar-refractivity contribution in [3.05, 3.63) is 33.9 Å². The van der Waals surface area contributed by atoms with Crippen molar-refractivity contribution in [2.45, 2.75) is 33.1 Å². The van der Waals surface area contributed by atoms with Gasteiger partial charge in [-0.2, -0.15) is 4.58 Å². The van der Waals surface area contributed by atoms with E-state index in [-0.39, 0.29) is 16.0 Å². The first-order valence-corrected chi connectivity index (χ1v) is 5.80. The van der Waals surface area contributed by atoms with Crippen LogP contribution in [-0.2, 0) is 5.41 Å². The maximum atomic E-state index is 10.8. The van der Waals surface area contributed by atoms with Crippen LogP contribution in [0, 0.1) is 10.1 Å². The van der Waals surface area contributed by atoms with Gasteiger partial charge in [0, 0.05) is 30.7 Å². The molecule has 4 heteroatoms. The van der Waals surface area contributed by atoms with Crippen LogP contribution in [0.15, 0.2) is 18.2 Å². The molecule has 0 bridgehead atoms. The predicted molar refractivity (Wildman–Crippen MR) is 67.3 cm³/mol. The average Bonchev–Trinajstić information content (AvgIpc) is 2.47. The largest absolute Gasteiger partial charge is 0.270 e. The third-order valence-electron chi connectivity index (χ3n) is 3.78. The number of hydrogen-bond donors (Lipinski definition) is 0. The highest BCUT2D eigenvalue weighted by Gasteiger charge is 2.43. The normalized spacial score (nSPS) is 17.2. The van der Waals surface area contributed by atoms with Gasteiger partial charge in [-0.1, -0.05) is 0 Å². The number of fused-ring (bicyclic) bond motifs is 1. The molecule has 0 N–H and O–H groups in total. The summed E-state index contributed by atoms with van der Waals surface area (Å²) in [6.45, 7) is 9.30. The number of nitro groups is 1. The SMILES string of the molecule is CC[N+]1=C(C)C(C)(C)c2cc([N+](=O)[O-])ccc21. The Morgan fingerprint density at radius 3 is 2.59 bits per heavy atom. The minimum atomic E-state index is -0.333. The van der Waals surface area contributed by atoms with Gasteiger partial charge in [-0.3, -0.25) is 10.1 Å². The van der Waals surface area contributed by atoms with Crippen LogP contribution in [0.4, 0.5) is 11.4 Å². The first-order valence-electron chi connectivity index (χ1n) is 5.80. The van der Waals surface area contributed by atoms with Gasteiger partial charge in [-0.05, 0) is 20.8 Å². The molecule has 2 rings (SSSR count). The molecule has 0 amide bonds. The first-order chi connectivity index (χ1) is 7.89. The zero-order valence-corrected chi connectivity index (χ0v) is 10.7. The number of nitrogens with zero attached hydrogens (tertiary/aromatic N) is 2. The molecule has 0 spiro atoms. The van der Waals surface area contributed by atoms with E-state index in [0.29, 0.717) is 0 Å². The predicted octanol–water partition coefficient (Wildman–Crippen LogP) is 3.01. The topological polar surface area (TPSA) is 46.1 Å². The molecule has 0 aliphatic carbocycles. The quantitative estimate of drug-likeness (QED) is 0.448. The number of rotatable bonds is 2. The average molecular weight is 233 g/mol. The molecule has 0 saturated heterocycles. The Morgan fingerprint density at radius 1 is 1.41 bits per heavy atom. The highest BCUT2D eigenvalue weighted by Crippen LogP contribution is 2.40. The molecule has 0 radical (unpaired) electrons. The molecule has 1 heterocycles. The van der Waals surface area contributed by atoms with Gasteiger partial charge in [0.25, 0.3) is 5.69 Å². The van der Waals surface area contributed by atoms with E-state index < -0.39 is 0 Å². The summed E-state index contributed by atoms with van der Waals surface area (Å²) in [5.41, 5.74) is 3.43. The van der Waals surface area contributed by atoms with Crippen molar-refractivity contribution >= 4 is 17.1 Å². The van der Waals surface area contributed by atoms with E-state index in [9.17, 15) is 10.1 Å². The summed E-state index contributed by atoms with van der Waals surface area (Å²) in [5.74, 6) is 0. The van der Waals surface area contributed by atoms with Crippen molar-refractivity contribution < 1.29 is 9.50 Å². The van der Waals surface area contributed by atoms with Gasteiger partial charge in [-0.25, -0.2) is 0 Å². The van der Waals surface area contributed by atoms with Gasteiger partial charge >= 0.3 is 0 Å². The summed E-state index contributed by atoms with van der Waals surface area (Å²) in [6.07, 6.45) is 0. The summed E-state index contributed by atoms with van der Waals surface area (Å²) in [6, 6.07) is 5.14. The smallest absolute Gasteiger partial charge is 0.258 e. The van der Waals surface area contributed by atoms with Crippen molar-refractivity contribution in [2.24, 2.45) is 0 Å². The number of non-ortho nitro benzene ring substituents is 1. The van der Waals surface area contributed by atoms with E-state index in [4.69, 9.17) is 0 Å². The zero-order valence-electron chi connectivity index (χ0n) is 10.7. The van der Waals surface area contributed by atoms with Gasteiger partial charge in [0.1, 0.15) is 6.54 Å². The molecule has 0 atom stereocenters. The lowest BCUT2D eigenvalue weighted by Gasteiger charge is -2.14. The van der Waals surface area contributed by atoms with E-state index in [1.807, 2.05) is 6.07 Å². The fourth-order valence-electron chi connectivity index (χ4n) is 2.49. The fraction of sp³-hybridized carbons (Fsp3) is 0.462. The molecular formula is C13H17N2O2+. The molecule has 17 heavy (non-hydrogen) atoms. The van der Waals surface area contributed by atoms with Gasteiger partial charge in [0.2, 0.25) is 5.69 Å². The minimum Gasteiger partial charge on any atom is -0.258 e. The highest BCUT2D eigenvalue weighted by atomic mass is 16.6. The molecule has 4 nitrogen and oxygen atoms in total. The molecule has 0 aromatic heterocycles. The minimum absolute atomic E-state index is 0.128. The third kappa shape index (κ3) is 1.55.